The normalized spacial score (nSPS) is 11.0. The van der Waals surface area contributed by atoms with Crippen molar-refractivity contribution in [2.45, 2.75) is 46.0 Å². The maximum atomic E-state index is 9.45. The van der Waals surface area contributed by atoms with Crippen LogP contribution in [-0.4, -0.2) is 14.6 Å². The van der Waals surface area contributed by atoms with Crippen molar-refractivity contribution in [1.82, 2.24) is 14.6 Å². The lowest BCUT2D eigenvalue weighted by Gasteiger charge is -2.03. The highest BCUT2D eigenvalue weighted by atomic mass is 32.1. The molecule has 0 aliphatic rings. The molecule has 0 aliphatic heterocycles. The van der Waals surface area contributed by atoms with Gasteiger partial charge in [-0.3, -0.25) is 0 Å². The quantitative estimate of drug-likeness (QED) is 0.614. The van der Waals surface area contributed by atoms with E-state index in [9.17, 15) is 5.26 Å². The molecule has 0 unspecified atom stereocenters. The molecule has 0 N–H and O–H groups in total. The Hall–Kier alpha value is -2.19. The van der Waals surface area contributed by atoms with Crippen molar-refractivity contribution in [3.05, 3.63) is 40.5 Å². The highest BCUT2D eigenvalue weighted by molar-refractivity contribution is 7.16. The smallest absolute Gasteiger partial charge is 0.213 e. The third-order valence-corrected chi connectivity index (χ3v) is 4.78. The van der Waals surface area contributed by atoms with Crippen LogP contribution in [0.3, 0.4) is 0 Å². The molecular weight excluding hydrogens is 304 g/mol. The predicted octanol–water partition coefficient (Wildman–Crippen LogP) is 4.76. The van der Waals surface area contributed by atoms with Gasteiger partial charge in [0.05, 0.1) is 0 Å². The van der Waals surface area contributed by atoms with Crippen LogP contribution in [0.5, 0.6) is 0 Å². The zero-order chi connectivity index (χ0) is 16.2. The minimum absolute atomic E-state index is 0.514. The van der Waals surface area contributed by atoms with Gasteiger partial charge in [0, 0.05) is 5.56 Å². The first kappa shape index (κ1) is 15.7. The van der Waals surface area contributed by atoms with Gasteiger partial charge in [-0.15, -0.1) is 0 Å². The molecular formula is C18H20N4S. The van der Waals surface area contributed by atoms with E-state index in [0.29, 0.717) is 5.69 Å². The van der Waals surface area contributed by atoms with Crippen molar-refractivity contribution in [2.75, 3.05) is 0 Å². The maximum absolute atomic E-state index is 9.45. The lowest BCUT2D eigenvalue weighted by atomic mass is 10.0. The van der Waals surface area contributed by atoms with Gasteiger partial charge in [0.1, 0.15) is 16.8 Å². The molecule has 0 bridgehead atoms. The Kier molecular flexibility index (Phi) is 4.73. The average Bonchev–Trinajstić information content (AvgIpc) is 3.07. The van der Waals surface area contributed by atoms with Crippen LogP contribution in [0, 0.1) is 18.3 Å². The molecule has 1 aromatic carbocycles. The van der Waals surface area contributed by atoms with E-state index in [1.807, 2.05) is 6.92 Å². The van der Waals surface area contributed by atoms with Gasteiger partial charge in [-0.25, -0.2) is 4.98 Å². The van der Waals surface area contributed by atoms with Crippen LogP contribution in [0.25, 0.3) is 16.2 Å². The third-order valence-electron chi connectivity index (χ3n) is 3.96. The summed E-state index contributed by atoms with van der Waals surface area (Å²) in [6.07, 6.45) is 6.21. The Morgan fingerprint density at radius 1 is 1.17 bits per heavy atom. The summed E-state index contributed by atoms with van der Waals surface area (Å²) in [4.78, 5) is 5.36. The molecule has 0 aliphatic carbocycles. The summed E-state index contributed by atoms with van der Waals surface area (Å²) in [5, 5.41) is 14.7. The number of hydrogen-bond acceptors (Lipinski definition) is 4. The first-order valence-corrected chi connectivity index (χ1v) is 8.90. The van der Waals surface area contributed by atoms with Gasteiger partial charge in [0.25, 0.3) is 0 Å². The Labute approximate surface area is 140 Å². The average molecular weight is 324 g/mol. The molecule has 23 heavy (non-hydrogen) atoms. The lowest BCUT2D eigenvalue weighted by Crippen LogP contribution is -1.91. The van der Waals surface area contributed by atoms with E-state index in [2.05, 4.69) is 47.3 Å². The van der Waals surface area contributed by atoms with Crippen LogP contribution in [0.1, 0.15) is 48.9 Å². The Morgan fingerprint density at radius 3 is 2.65 bits per heavy atom. The molecule has 0 saturated carbocycles. The first-order valence-electron chi connectivity index (χ1n) is 8.08. The number of nitriles is 1. The van der Waals surface area contributed by atoms with Gasteiger partial charge < -0.3 is 0 Å². The van der Waals surface area contributed by atoms with Gasteiger partial charge in [0.2, 0.25) is 4.96 Å². The number of hydrogen-bond donors (Lipinski definition) is 0. The van der Waals surface area contributed by atoms with Gasteiger partial charge in [-0.2, -0.15) is 14.9 Å². The molecule has 2 heterocycles. The monoisotopic (exact) mass is 324 g/mol. The van der Waals surface area contributed by atoms with E-state index in [-0.39, 0.29) is 0 Å². The summed E-state index contributed by atoms with van der Waals surface area (Å²) < 4.78 is 1.65. The Balaban J connectivity index is 1.82. The fourth-order valence-corrected chi connectivity index (χ4v) is 3.47. The Bertz CT molecular complexity index is 836. The van der Waals surface area contributed by atoms with Gasteiger partial charge in [-0.1, -0.05) is 61.8 Å². The van der Waals surface area contributed by atoms with Crippen LogP contribution in [-0.2, 0) is 6.42 Å². The summed E-state index contributed by atoms with van der Waals surface area (Å²) in [5.41, 5.74) is 3.57. The summed E-state index contributed by atoms with van der Waals surface area (Å²) in [7, 11) is 0. The molecule has 0 radical (unpaired) electrons. The number of rotatable bonds is 6. The van der Waals surface area contributed by atoms with Crippen molar-refractivity contribution in [1.29, 1.82) is 5.26 Å². The van der Waals surface area contributed by atoms with E-state index >= 15 is 0 Å². The standard InChI is InChI=1S/C18H20N4S/c1-3-4-5-6-7-14-8-10-15(11-9-14)17-16(12-19)22-18(20-17)23-13(2)21-22/h8-11H,3-7H2,1-2H3. The van der Waals surface area contributed by atoms with Crippen LogP contribution in [0.2, 0.25) is 0 Å². The van der Waals surface area contributed by atoms with Crippen molar-refractivity contribution in [3.63, 3.8) is 0 Å². The molecule has 2 aromatic heterocycles. The van der Waals surface area contributed by atoms with E-state index in [0.717, 1.165) is 27.6 Å². The summed E-state index contributed by atoms with van der Waals surface area (Å²) in [5.74, 6) is 0. The second-order valence-corrected chi connectivity index (χ2v) is 6.90. The molecule has 5 heteroatoms. The second-order valence-electron chi connectivity index (χ2n) is 5.74. The van der Waals surface area contributed by atoms with Crippen molar-refractivity contribution < 1.29 is 0 Å². The van der Waals surface area contributed by atoms with Crippen molar-refractivity contribution in [3.8, 4) is 17.3 Å². The molecule has 0 amide bonds. The number of unbranched alkanes of at least 4 members (excludes halogenated alkanes) is 3. The van der Waals surface area contributed by atoms with E-state index in [1.165, 1.54) is 42.6 Å². The van der Waals surface area contributed by atoms with Gasteiger partial charge in [0.15, 0.2) is 5.69 Å². The van der Waals surface area contributed by atoms with E-state index in [4.69, 9.17) is 0 Å². The molecule has 4 nitrogen and oxygen atoms in total. The van der Waals surface area contributed by atoms with Gasteiger partial charge in [-0.05, 0) is 25.3 Å². The molecule has 0 fully saturated rings. The summed E-state index contributed by atoms with van der Waals surface area (Å²) in [6, 6.07) is 10.7. The maximum Gasteiger partial charge on any atom is 0.213 e. The molecule has 3 rings (SSSR count). The summed E-state index contributed by atoms with van der Waals surface area (Å²) >= 11 is 1.51. The minimum atomic E-state index is 0.514. The van der Waals surface area contributed by atoms with Crippen LogP contribution < -0.4 is 0 Å². The molecule has 0 spiro atoms. The lowest BCUT2D eigenvalue weighted by molar-refractivity contribution is 0.667. The Morgan fingerprint density at radius 2 is 1.96 bits per heavy atom. The van der Waals surface area contributed by atoms with Crippen LogP contribution >= 0.6 is 11.3 Å². The first-order chi connectivity index (χ1) is 11.2. The number of aryl methyl sites for hydroxylation is 2. The number of fused-ring (bicyclic) bond motifs is 1. The topological polar surface area (TPSA) is 54.0 Å². The highest BCUT2D eigenvalue weighted by Crippen LogP contribution is 2.26. The van der Waals surface area contributed by atoms with E-state index < -0.39 is 0 Å². The number of nitrogens with zero attached hydrogens (tertiary/aromatic N) is 4. The molecule has 0 atom stereocenters. The van der Waals surface area contributed by atoms with Crippen LogP contribution in [0.15, 0.2) is 24.3 Å². The second kappa shape index (κ2) is 6.93. The van der Waals surface area contributed by atoms with Gasteiger partial charge >= 0.3 is 0 Å². The zero-order valence-corrected chi connectivity index (χ0v) is 14.4. The van der Waals surface area contributed by atoms with E-state index in [1.54, 1.807) is 4.52 Å². The highest BCUT2D eigenvalue weighted by Gasteiger charge is 2.16. The number of aromatic nitrogens is 3. The van der Waals surface area contributed by atoms with Crippen molar-refractivity contribution in [2.24, 2.45) is 0 Å². The number of benzene rings is 1. The zero-order valence-electron chi connectivity index (χ0n) is 13.5. The minimum Gasteiger partial charge on any atom is -0.216 e. The molecule has 0 saturated heterocycles. The fraction of sp³-hybridized carbons (Fsp3) is 0.389. The third kappa shape index (κ3) is 3.27. The van der Waals surface area contributed by atoms with Crippen LogP contribution in [0.4, 0.5) is 0 Å². The summed E-state index contributed by atoms with van der Waals surface area (Å²) in [6.45, 7) is 4.15. The fourth-order valence-electron chi connectivity index (χ4n) is 2.73. The predicted molar refractivity (Wildman–Crippen MR) is 93.6 cm³/mol. The largest absolute Gasteiger partial charge is 0.216 e. The van der Waals surface area contributed by atoms with Crippen molar-refractivity contribution >= 4 is 16.3 Å². The molecule has 3 aromatic rings. The molecule has 118 valence electrons. The number of imidazole rings is 1. The SMILES string of the molecule is CCCCCCc1ccc(-c2nc3sc(C)nn3c2C#N)cc1.